The summed E-state index contributed by atoms with van der Waals surface area (Å²) in [5.74, 6) is 0.580. The lowest BCUT2D eigenvalue weighted by Gasteiger charge is -2.10. The van der Waals surface area contributed by atoms with Gasteiger partial charge in [0.2, 0.25) is 0 Å². The number of aryl methyl sites for hydroxylation is 1. The van der Waals surface area contributed by atoms with Crippen molar-refractivity contribution in [3.05, 3.63) is 57.5 Å². The van der Waals surface area contributed by atoms with E-state index in [0.717, 1.165) is 11.1 Å². The summed E-state index contributed by atoms with van der Waals surface area (Å²) in [6.45, 7) is 1.89. The monoisotopic (exact) mass is 270 g/mol. The number of benzene rings is 1. The van der Waals surface area contributed by atoms with Crippen LogP contribution in [0.3, 0.4) is 0 Å². The summed E-state index contributed by atoms with van der Waals surface area (Å²) in [5.41, 5.74) is 1.78. The van der Waals surface area contributed by atoms with Crippen molar-refractivity contribution in [1.82, 2.24) is 0 Å². The maximum absolute atomic E-state index is 10.1. The van der Waals surface area contributed by atoms with Gasteiger partial charge in [-0.2, -0.15) is 0 Å². The van der Waals surface area contributed by atoms with Crippen LogP contribution in [-0.2, 0) is 6.42 Å². The Hall–Kier alpha value is -0.960. The van der Waals surface area contributed by atoms with E-state index in [1.807, 2.05) is 19.1 Å². The van der Waals surface area contributed by atoms with Gasteiger partial charge < -0.3 is 9.52 Å². The highest BCUT2D eigenvalue weighted by Gasteiger charge is 2.16. The SMILES string of the molecule is Cc1ccoc1C(O)Cc1ccc(Cl)cc1Cl. The van der Waals surface area contributed by atoms with Gasteiger partial charge in [-0.25, -0.2) is 0 Å². The van der Waals surface area contributed by atoms with Crippen LogP contribution in [0.15, 0.2) is 34.9 Å². The summed E-state index contributed by atoms with van der Waals surface area (Å²) in [6, 6.07) is 7.05. The second-order valence-electron chi connectivity index (χ2n) is 3.92. The summed E-state index contributed by atoms with van der Waals surface area (Å²) in [4.78, 5) is 0. The van der Waals surface area contributed by atoms with E-state index in [-0.39, 0.29) is 0 Å². The minimum Gasteiger partial charge on any atom is -0.466 e. The van der Waals surface area contributed by atoms with Crippen molar-refractivity contribution < 1.29 is 9.52 Å². The Morgan fingerprint density at radius 1 is 1.29 bits per heavy atom. The van der Waals surface area contributed by atoms with E-state index in [1.165, 1.54) is 0 Å². The lowest BCUT2D eigenvalue weighted by Crippen LogP contribution is -2.02. The van der Waals surface area contributed by atoms with Gasteiger partial charge >= 0.3 is 0 Å². The Bertz CT molecular complexity index is 520. The molecule has 1 atom stereocenters. The van der Waals surface area contributed by atoms with E-state index in [0.29, 0.717) is 22.2 Å². The summed E-state index contributed by atoms with van der Waals surface area (Å²) in [7, 11) is 0. The van der Waals surface area contributed by atoms with Crippen LogP contribution in [0, 0.1) is 6.92 Å². The van der Waals surface area contributed by atoms with E-state index < -0.39 is 6.10 Å². The normalized spacial score (nSPS) is 12.7. The Morgan fingerprint density at radius 3 is 2.65 bits per heavy atom. The van der Waals surface area contributed by atoms with Crippen LogP contribution < -0.4 is 0 Å². The molecule has 90 valence electrons. The topological polar surface area (TPSA) is 33.4 Å². The molecule has 0 aliphatic heterocycles. The minimum absolute atomic E-state index is 0.407. The molecule has 2 rings (SSSR count). The predicted octanol–water partition coefficient (Wildman–Crippen LogP) is 4.17. The maximum atomic E-state index is 10.1. The van der Waals surface area contributed by atoms with Crippen LogP contribution in [0.5, 0.6) is 0 Å². The molecular weight excluding hydrogens is 259 g/mol. The van der Waals surface area contributed by atoms with Gasteiger partial charge in [-0.3, -0.25) is 0 Å². The Balaban J connectivity index is 2.19. The molecule has 0 spiro atoms. The molecule has 0 saturated carbocycles. The summed E-state index contributed by atoms with van der Waals surface area (Å²) in [6.07, 6.45) is 1.28. The van der Waals surface area contributed by atoms with Gasteiger partial charge in [-0.1, -0.05) is 29.3 Å². The fourth-order valence-corrected chi connectivity index (χ4v) is 2.20. The molecule has 2 nitrogen and oxygen atoms in total. The average molecular weight is 271 g/mol. The number of hydrogen-bond acceptors (Lipinski definition) is 2. The first kappa shape index (κ1) is 12.5. The van der Waals surface area contributed by atoms with Gasteiger partial charge in [0.15, 0.2) is 0 Å². The van der Waals surface area contributed by atoms with Crippen molar-refractivity contribution in [2.45, 2.75) is 19.4 Å². The second-order valence-corrected chi connectivity index (χ2v) is 4.77. The zero-order chi connectivity index (χ0) is 12.4. The smallest absolute Gasteiger partial charge is 0.135 e. The van der Waals surface area contributed by atoms with E-state index in [9.17, 15) is 5.11 Å². The molecule has 0 fully saturated rings. The highest BCUT2D eigenvalue weighted by atomic mass is 35.5. The lowest BCUT2D eigenvalue weighted by atomic mass is 10.0. The van der Waals surface area contributed by atoms with Crippen LogP contribution in [0.4, 0.5) is 0 Å². The summed E-state index contributed by atoms with van der Waals surface area (Å²) >= 11 is 11.9. The molecule has 1 aromatic carbocycles. The van der Waals surface area contributed by atoms with E-state index in [2.05, 4.69) is 0 Å². The van der Waals surface area contributed by atoms with Crippen LogP contribution in [0.1, 0.15) is 23.0 Å². The van der Waals surface area contributed by atoms with Gasteiger partial charge in [-0.15, -0.1) is 0 Å². The minimum atomic E-state index is -0.691. The van der Waals surface area contributed by atoms with Crippen molar-refractivity contribution in [2.75, 3.05) is 0 Å². The number of aliphatic hydroxyl groups excluding tert-OH is 1. The highest BCUT2D eigenvalue weighted by molar-refractivity contribution is 6.35. The largest absolute Gasteiger partial charge is 0.466 e. The summed E-state index contributed by atoms with van der Waals surface area (Å²) in [5, 5.41) is 11.2. The van der Waals surface area contributed by atoms with Gasteiger partial charge in [0.1, 0.15) is 11.9 Å². The quantitative estimate of drug-likeness (QED) is 0.908. The zero-order valence-electron chi connectivity index (χ0n) is 9.28. The number of aliphatic hydroxyl groups is 1. The molecule has 1 unspecified atom stereocenters. The Kier molecular flexibility index (Phi) is 3.77. The van der Waals surface area contributed by atoms with E-state index in [1.54, 1.807) is 18.4 Å². The van der Waals surface area contributed by atoms with Crippen molar-refractivity contribution in [2.24, 2.45) is 0 Å². The van der Waals surface area contributed by atoms with Crippen molar-refractivity contribution in [3.8, 4) is 0 Å². The first-order chi connectivity index (χ1) is 8.08. The standard InChI is InChI=1S/C13H12Cl2O2/c1-8-4-5-17-13(8)12(16)6-9-2-3-10(14)7-11(9)15/h2-5,7,12,16H,6H2,1H3. The molecule has 4 heteroatoms. The van der Waals surface area contributed by atoms with Crippen LogP contribution >= 0.6 is 23.2 Å². The fourth-order valence-electron chi connectivity index (χ4n) is 1.71. The molecule has 17 heavy (non-hydrogen) atoms. The molecule has 0 aliphatic carbocycles. The molecular formula is C13H12Cl2O2. The molecule has 0 radical (unpaired) electrons. The molecule has 0 aliphatic rings. The Morgan fingerprint density at radius 2 is 2.06 bits per heavy atom. The van der Waals surface area contributed by atoms with Crippen molar-refractivity contribution in [1.29, 1.82) is 0 Å². The zero-order valence-corrected chi connectivity index (χ0v) is 10.8. The van der Waals surface area contributed by atoms with Crippen LogP contribution in [-0.4, -0.2) is 5.11 Å². The fraction of sp³-hybridized carbons (Fsp3) is 0.231. The van der Waals surface area contributed by atoms with Crippen LogP contribution in [0.25, 0.3) is 0 Å². The number of hydrogen-bond donors (Lipinski definition) is 1. The molecule has 1 N–H and O–H groups in total. The molecule has 0 bridgehead atoms. The molecule has 0 amide bonds. The number of rotatable bonds is 3. The van der Waals surface area contributed by atoms with Gasteiger partial charge in [0.25, 0.3) is 0 Å². The molecule has 2 aromatic rings. The van der Waals surface area contributed by atoms with Crippen LogP contribution in [0.2, 0.25) is 10.0 Å². The highest BCUT2D eigenvalue weighted by Crippen LogP contribution is 2.27. The first-order valence-corrected chi connectivity index (χ1v) is 5.99. The Labute approximate surface area is 110 Å². The third-order valence-corrected chi connectivity index (χ3v) is 3.22. The summed E-state index contributed by atoms with van der Waals surface area (Å²) < 4.78 is 5.24. The lowest BCUT2D eigenvalue weighted by molar-refractivity contribution is 0.149. The first-order valence-electron chi connectivity index (χ1n) is 5.24. The third kappa shape index (κ3) is 2.83. The number of furan rings is 1. The third-order valence-electron chi connectivity index (χ3n) is 2.63. The van der Waals surface area contributed by atoms with E-state index in [4.69, 9.17) is 27.6 Å². The predicted molar refractivity (Wildman–Crippen MR) is 68.6 cm³/mol. The van der Waals surface area contributed by atoms with Crippen molar-refractivity contribution >= 4 is 23.2 Å². The second kappa shape index (κ2) is 5.13. The molecule has 0 saturated heterocycles. The maximum Gasteiger partial charge on any atom is 0.135 e. The van der Waals surface area contributed by atoms with Gasteiger partial charge in [0, 0.05) is 16.5 Å². The molecule has 1 aromatic heterocycles. The molecule has 1 heterocycles. The van der Waals surface area contributed by atoms with E-state index >= 15 is 0 Å². The average Bonchev–Trinajstić information content (AvgIpc) is 2.68. The van der Waals surface area contributed by atoms with Gasteiger partial charge in [0.05, 0.1) is 6.26 Å². The van der Waals surface area contributed by atoms with Crippen molar-refractivity contribution in [3.63, 3.8) is 0 Å². The number of halogens is 2. The van der Waals surface area contributed by atoms with Gasteiger partial charge in [-0.05, 0) is 36.2 Å².